The molecule has 1 aromatic rings. The van der Waals surface area contributed by atoms with E-state index < -0.39 is 5.60 Å². The van der Waals surface area contributed by atoms with E-state index in [1.165, 1.54) is 5.71 Å². The Hall–Kier alpha value is -2.08. The number of hydrogen-bond donors (Lipinski definition) is 1. The number of anilines is 1. The van der Waals surface area contributed by atoms with Gasteiger partial charge in [0.15, 0.2) is 12.3 Å². The van der Waals surface area contributed by atoms with Crippen LogP contribution in [-0.2, 0) is 16.0 Å². The molecule has 0 saturated heterocycles. The Kier molecular flexibility index (Phi) is 7.25. The van der Waals surface area contributed by atoms with Crippen molar-refractivity contribution in [2.75, 3.05) is 45.1 Å². The van der Waals surface area contributed by atoms with Crippen molar-refractivity contribution >= 4 is 17.4 Å². The second-order valence-electron chi connectivity index (χ2n) is 8.09. The van der Waals surface area contributed by atoms with E-state index in [-0.39, 0.29) is 5.97 Å². The fraction of sp³-hybridized carbons (Fsp3) is 0.619. The number of benzene rings is 1. The maximum Gasteiger partial charge on any atom is 0.372 e. The fourth-order valence-corrected chi connectivity index (χ4v) is 3.19. The van der Waals surface area contributed by atoms with Gasteiger partial charge in [-0.05, 0) is 51.0 Å². The first-order chi connectivity index (χ1) is 12.7. The Balaban J connectivity index is 1.82. The Bertz CT molecular complexity index is 692. The van der Waals surface area contributed by atoms with Gasteiger partial charge >= 0.3 is 5.97 Å². The van der Waals surface area contributed by atoms with Crippen molar-refractivity contribution in [3.05, 3.63) is 23.8 Å². The molecule has 1 aromatic carbocycles. The number of nitrogens with zero attached hydrogens (tertiary/aromatic N) is 2. The minimum atomic E-state index is -0.441. The van der Waals surface area contributed by atoms with Crippen molar-refractivity contribution in [2.24, 2.45) is 0 Å². The van der Waals surface area contributed by atoms with Gasteiger partial charge in [0.05, 0.1) is 13.1 Å². The summed E-state index contributed by atoms with van der Waals surface area (Å²) in [5, 5.41) is 0. The number of hydrogen-bond acceptors (Lipinski definition) is 5. The van der Waals surface area contributed by atoms with Crippen LogP contribution in [0.4, 0.5) is 5.69 Å². The van der Waals surface area contributed by atoms with Crippen LogP contribution < -0.4 is 10.5 Å². The summed E-state index contributed by atoms with van der Waals surface area (Å²) in [5.74, 6) is 0.741. The number of rotatable bonds is 7. The van der Waals surface area contributed by atoms with Gasteiger partial charge in [-0.25, -0.2) is 9.37 Å². The fourth-order valence-electron chi connectivity index (χ4n) is 3.19. The lowest BCUT2D eigenvalue weighted by Gasteiger charge is -2.26. The highest BCUT2D eigenvalue weighted by atomic mass is 16.6. The Morgan fingerprint density at radius 3 is 2.70 bits per heavy atom. The number of nitrogens with two attached hydrogens (primary N) is 1. The molecule has 0 bridgehead atoms. The van der Waals surface area contributed by atoms with E-state index >= 15 is 0 Å². The second kappa shape index (κ2) is 9.22. The molecule has 27 heavy (non-hydrogen) atoms. The third-order valence-corrected chi connectivity index (χ3v) is 4.55. The molecule has 6 nitrogen and oxygen atoms in total. The van der Waals surface area contributed by atoms with Gasteiger partial charge in [-0.2, -0.15) is 0 Å². The quantitative estimate of drug-likeness (QED) is 0.449. The summed E-state index contributed by atoms with van der Waals surface area (Å²) in [7, 11) is 0. The van der Waals surface area contributed by atoms with Crippen LogP contribution in [0, 0.1) is 0 Å². The summed E-state index contributed by atoms with van der Waals surface area (Å²) >= 11 is 0. The molecule has 0 saturated carbocycles. The average Bonchev–Trinajstić information content (AvgIpc) is 2.56. The smallest absolute Gasteiger partial charge is 0.372 e. The highest BCUT2D eigenvalue weighted by Crippen LogP contribution is 2.21. The van der Waals surface area contributed by atoms with Crippen LogP contribution in [0.25, 0.3) is 0 Å². The largest absolute Gasteiger partial charge is 0.492 e. The maximum atomic E-state index is 12.0. The molecule has 2 rings (SSSR count). The normalized spacial score (nSPS) is 15.7. The molecule has 0 atom stereocenters. The molecule has 0 spiro atoms. The molecule has 0 unspecified atom stereocenters. The van der Waals surface area contributed by atoms with Crippen molar-refractivity contribution in [2.45, 2.75) is 46.6 Å². The molecular formula is C21H34N3O3+. The molecule has 0 fully saturated rings. The van der Waals surface area contributed by atoms with Crippen LogP contribution in [-0.4, -0.2) is 66.1 Å². The maximum absolute atomic E-state index is 12.0. The number of nitrogen functional groups attached to an aromatic ring is 1. The van der Waals surface area contributed by atoms with Crippen LogP contribution >= 0.6 is 0 Å². The van der Waals surface area contributed by atoms with E-state index in [0.29, 0.717) is 13.2 Å². The molecule has 1 heterocycles. The van der Waals surface area contributed by atoms with Crippen LogP contribution in [0.3, 0.4) is 0 Å². The van der Waals surface area contributed by atoms with Gasteiger partial charge in [-0.3, -0.25) is 4.90 Å². The monoisotopic (exact) mass is 376 g/mol. The van der Waals surface area contributed by atoms with E-state index in [9.17, 15) is 4.79 Å². The molecular weight excluding hydrogens is 342 g/mol. The Morgan fingerprint density at radius 1 is 1.33 bits per heavy atom. The van der Waals surface area contributed by atoms with Gasteiger partial charge in [0.2, 0.25) is 6.54 Å². The van der Waals surface area contributed by atoms with E-state index in [1.54, 1.807) is 0 Å². The molecule has 1 aliphatic heterocycles. The van der Waals surface area contributed by atoms with E-state index in [1.807, 2.05) is 39.0 Å². The molecule has 6 heteroatoms. The summed E-state index contributed by atoms with van der Waals surface area (Å²) in [5.41, 5.74) is 8.50. The lowest BCUT2D eigenvalue weighted by molar-refractivity contribution is -0.525. The number of carbonyl (C=O) groups is 1. The first kappa shape index (κ1) is 21.2. The minimum absolute atomic E-state index is 0.172. The van der Waals surface area contributed by atoms with Crippen LogP contribution in [0.1, 0.15) is 40.2 Å². The number of ether oxygens (including phenoxy) is 2. The predicted molar refractivity (Wildman–Crippen MR) is 109 cm³/mol. The second-order valence-corrected chi connectivity index (χ2v) is 8.09. The standard InChI is InChI=1S/C21H34N3O3/c1-6-17-13-18(22)7-8-19(17)26-12-11-23-9-10-24(16(2)14-23)15-20(25)27-21(3,4)5/h7-8,13H,6,9-12,14-15,22H2,1-5H3/q+1. The van der Waals surface area contributed by atoms with Crippen LogP contribution in [0.5, 0.6) is 5.75 Å². The van der Waals surface area contributed by atoms with Gasteiger partial charge in [0, 0.05) is 19.2 Å². The van der Waals surface area contributed by atoms with Gasteiger partial charge < -0.3 is 15.2 Å². The number of aryl methyl sites for hydroxylation is 1. The van der Waals surface area contributed by atoms with E-state index in [4.69, 9.17) is 15.2 Å². The highest BCUT2D eigenvalue weighted by Gasteiger charge is 2.26. The SMILES string of the molecule is CCc1cc(N)ccc1OCCN1CC[N+](CC(=O)OC(C)(C)C)=C(C)C1. The molecule has 150 valence electrons. The third kappa shape index (κ3) is 6.86. The van der Waals surface area contributed by atoms with Crippen molar-refractivity contribution in [3.63, 3.8) is 0 Å². The van der Waals surface area contributed by atoms with Crippen LogP contribution in [0.2, 0.25) is 0 Å². The van der Waals surface area contributed by atoms with Crippen molar-refractivity contribution in [1.82, 2.24) is 4.90 Å². The zero-order valence-electron chi connectivity index (χ0n) is 17.4. The summed E-state index contributed by atoms with van der Waals surface area (Å²) in [6.45, 7) is 14.2. The highest BCUT2D eigenvalue weighted by molar-refractivity contribution is 5.81. The van der Waals surface area contributed by atoms with Crippen molar-refractivity contribution in [1.29, 1.82) is 0 Å². The molecule has 2 N–H and O–H groups in total. The van der Waals surface area contributed by atoms with E-state index in [2.05, 4.69) is 23.3 Å². The van der Waals surface area contributed by atoms with Gasteiger partial charge in [-0.15, -0.1) is 0 Å². The topological polar surface area (TPSA) is 67.8 Å². The Morgan fingerprint density at radius 2 is 2.07 bits per heavy atom. The molecule has 0 amide bonds. The summed E-state index contributed by atoms with van der Waals surface area (Å²) < 4.78 is 13.5. The first-order valence-electron chi connectivity index (χ1n) is 9.70. The van der Waals surface area contributed by atoms with Gasteiger partial charge in [0.25, 0.3) is 0 Å². The van der Waals surface area contributed by atoms with Gasteiger partial charge in [-0.1, -0.05) is 6.92 Å². The van der Waals surface area contributed by atoms with Gasteiger partial charge in [0.1, 0.15) is 18.0 Å². The predicted octanol–water partition coefficient (Wildman–Crippen LogP) is 2.34. The summed E-state index contributed by atoms with van der Waals surface area (Å²) in [6, 6.07) is 5.80. The molecule has 1 aliphatic rings. The Labute approximate surface area is 162 Å². The lowest BCUT2D eigenvalue weighted by atomic mass is 10.1. The lowest BCUT2D eigenvalue weighted by Crippen LogP contribution is -2.47. The summed E-state index contributed by atoms with van der Waals surface area (Å²) in [4.78, 5) is 14.4. The van der Waals surface area contributed by atoms with Crippen molar-refractivity contribution in [3.8, 4) is 5.75 Å². The third-order valence-electron chi connectivity index (χ3n) is 4.55. The molecule has 0 aliphatic carbocycles. The number of carbonyl (C=O) groups excluding carboxylic acids is 1. The van der Waals surface area contributed by atoms with E-state index in [0.717, 1.165) is 49.6 Å². The zero-order chi connectivity index (χ0) is 20.0. The number of esters is 1. The summed E-state index contributed by atoms with van der Waals surface area (Å²) in [6.07, 6.45) is 0.899. The zero-order valence-corrected chi connectivity index (χ0v) is 17.4. The average molecular weight is 377 g/mol. The van der Waals surface area contributed by atoms with Crippen LogP contribution in [0.15, 0.2) is 18.2 Å². The first-order valence-corrected chi connectivity index (χ1v) is 9.70. The molecule has 0 aromatic heterocycles. The van der Waals surface area contributed by atoms with Crippen molar-refractivity contribution < 1.29 is 18.8 Å². The molecule has 0 radical (unpaired) electrons. The minimum Gasteiger partial charge on any atom is -0.492 e.